The van der Waals surface area contributed by atoms with E-state index < -0.39 is 0 Å². The number of amidine groups is 1. The summed E-state index contributed by atoms with van der Waals surface area (Å²) in [6.45, 7) is 13.7. The minimum absolute atomic E-state index is 0.00425. The van der Waals surface area contributed by atoms with E-state index in [1.165, 1.54) is 6.08 Å². The Kier molecular flexibility index (Phi) is 8.04. The molecule has 0 spiro atoms. The summed E-state index contributed by atoms with van der Waals surface area (Å²) in [6.07, 6.45) is 8.31. The van der Waals surface area contributed by atoms with Crippen molar-refractivity contribution in [3.05, 3.63) is 48.5 Å². The predicted octanol–water partition coefficient (Wildman–Crippen LogP) is 1.97. The maximum absolute atomic E-state index is 12.1. The van der Waals surface area contributed by atoms with Gasteiger partial charge in [0.15, 0.2) is 0 Å². The third-order valence-electron chi connectivity index (χ3n) is 4.85. The van der Waals surface area contributed by atoms with Gasteiger partial charge in [-0.05, 0) is 31.8 Å². The van der Waals surface area contributed by atoms with Crippen molar-refractivity contribution in [2.75, 3.05) is 19.6 Å². The average molecular weight is 386 g/mol. The highest BCUT2D eigenvalue weighted by Gasteiger charge is 2.23. The minimum atomic E-state index is -0.147. The molecular formula is C21H31N5O2. The van der Waals surface area contributed by atoms with Crippen LogP contribution in [0.4, 0.5) is 0 Å². The van der Waals surface area contributed by atoms with E-state index in [2.05, 4.69) is 41.0 Å². The number of hydrogen-bond acceptors (Lipinski definition) is 5. The molecule has 2 aliphatic rings. The lowest BCUT2D eigenvalue weighted by Gasteiger charge is -2.32. The molecule has 0 aliphatic carbocycles. The van der Waals surface area contributed by atoms with Crippen LogP contribution in [0.2, 0.25) is 0 Å². The van der Waals surface area contributed by atoms with Crippen LogP contribution in [0.3, 0.4) is 0 Å². The van der Waals surface area contributed by atoms with Crippen molar-refractivity contribution in [3.63, 3.8) is 0 Å². The van der Waals surface area contributed by atoms with E-state index in [-0.39, 0.29) is 11.8 Å². The molecule has 1 saturated heterocycles. The molecule has 2 amide bonds. The molecule has 0 aromatic heterocycles. The maximum atomic E-state index is 12.1. The lowest BCUT2D eigenvalue weighted by atomic mass is 10.0. The van der Waals surface area contributed by atoms with E-state index >= 15 is 0 Å². The lowest BCUT2D eigenvalue weighted by molar-refractivity contribution is -0.127. The first-order valence-electron chi connectivity index (χ1n) is 9.89. The molecule has 3 N–H and O–H groups in total. The third-order valence-corrected chi connectivity index (χ3v) is 4.85. The zero-order chi connectivity index (χ0) is 20.5. The SMILES string of the molecule is C=CC(=O)N1CCC(N/C(=C/NC2=NC=C(C(=O)NCCC)C2=C)CC)CC1. The first-order chi connectivity index (χ1) is 13.5. The van der Waals surface area contributed by atoms with Gasteiger partial charge in [0, 0.05) is 49.3 Å². The first-order valence-corrected chi connectivity index (χ1v) is 9.89. The summed E-state index contributed by atoms with van der Waals surface area (Å²) in [5, 5.41) is 9.54. The predicted molar refractivity (Wildman–Crippen MR) is 112 cm³/mol. The Morgan fingerprint density at radius 1 is 1.32 bits per heavy atom. The molecule has 0 aromatic rings. The van der Waals surface area contributed by atoms with Crippen LogP contribution in [0.5, 0.6) is 0 Å². The summed E-state index contributed by atoms with van der Waals surface area (Å²) < 4.78 is 0. The van der Waals surface area contributed by atoms with Gasteiger partial charge in [0.2, 0.25) is 5.91 Å². The number of allylic oxidation sites excluding steroid dienone is 1. The molecule has 0 atom stereocenters. The van der Waals surface area contributed by atoms with Crippen LogP contribution in [0, 0.1) is 0 Å². The Morgan fingerprint density at radius 3 is 2.64 bits per heavy atom. The molecule has 1 fully saturated rings. The molecule has 152 valence electrons. The molecule has 2 heterocycles. The van der Waals surface area contributed by atoms with Gasteiger partial charge in [0.1, 0.15) is 5.84 Å². The third kappa shape index (κ3) is 5.58. The summed E-state index contributed by atoms with van der Waals surface area (Å²) in [4.78, 5) is 29.9. The van der Waals surface area contributed by atoms with E-state index in [1.807, 2.05) is 18.0 Å². The number of rotatable bonds is 8. The van der Waals surface area contributed by atoms with E-state index in [0.29, 0.717) is 29.6 Å². The van der Waals surface area contributed by atoms with E-state index in [0.717, 1.165) is 44.5 Å². The summed E-state index contributed by atoms with van der Waals surface area (Å²) >= 11 is 0. The Labute approximate surface area is 167 Å². The lowest BCUT2D eigenvalue weighted by Crippen LogP contribution is -2.44. The number of amides is 2. The number of nitrogens with zero attached hydrogens (tertiary/aromatic N) is 2. The Morgan fingerprint density at radius 2 is 2.04 bits per heavy atom. The number of likely N-dealkylation sites (tertiary alicyclic amines) is 1. The number of hydrogen-bond donors (Lipinski definition) is 3. The molecule has 2 rings (SSSR count). The van der Waals surface area contributed by atoms with Crippen molar-refractivity contribution in [2.45, 2.75) is 45.6 Å². The van der Waals surface area contributed by atoms with Crippen molar-refractivity contribution < 1.29 is 9.59 Å². The van der Waals surface area contributed by atoms with Crippen molar-refractivity contribution >= 4 is 17.6 Å². The number of carbonyl (C=O) groups is 2. The van der Waals surface area contributed by atoms with Gasteiger partial charge in [0.25, 0.3) is 5.91 Å². The molecule has 0 unspecified atom stereocenters. The molecule has 0 bridgehead atoms. The Hall–Kier alpha value is -2.83. The molecule has 28 heavy (non-hydrogen) atoms. The topological polar surface area (TPSA) is 85.8 Å². The summed E-state index contributed by atoms with van der Waals surface area (Å²) in [6, 6.07) is 0.323. The van der Waals surface area contributed by atoms with Crippen LogP contribution in [0.25, 0.3) is 0 Å². The average Bonchev–Trinajstić information content (AvgIpc) is 3.09. The van der Waals surface area contributed by atoms with Crippen LogP contribution in [0.1, 0.15) is 39.5 Å². The molecule has 2 aliphatic heterocycles. The normalized spacial score (nSPS) is 17.7. The number of nitrogens with one attached hydrogen (secondary N) is 3. The van der Waals surface area contributed by atoms with Crippen molar-refractivity contribution in [3.8, 4) is 0 Å². The van der Waals surface area contributed by atoms with Crippen LogP contribution in [0.15, 0.2) is 53.5 Å². The van der Waals surface area contributed by atoms with Gasteiger partial charge in [-0.1, -0.05) is 27.0 Å². The van der Waals surface area contributed by atoms with Crippen molar-refractivity contribution in [1.82, 2.24) is 20.9 Å². The summed E-state index contributed by atoms with van der Waals surface area (Å²) in [5.41, 5.74) is 2.14. The van der Waals surface area contributed by atoms with Crippen LogP contribution >= 0.6 is 0 Å². The van der Waals surface area contributed by atoms with Crippen LogP contribution in [-0.4, -0.2) is 48.2 Å². The van der Waals surface area contributed by atoms with Gasteiger partial charge >= 0.3 is 0 Å². The van der Waals surface area contributed by atoms with Gasteiger partial charge in [0.05, 0.1) is 5.57 Å². The maximum Gasteiger partial charge on any atom is 0.253 e. The second-order valence-corrected chi connectivity index (χ2v) is 6.87. The summed E-state index contributed by atoms with van der Waals surface area (Å²) in [5.74, 6) is 0.433. The molecule has 0 saturated carbocycles. The highest BCUT2D eigenvalue weighted by atomic mass is 16.2. The van der Waals surface area contributed by atoms with Crippen molar-refractivity contribution in [2.24, 2.45) is 4.99 Å². The smallest absolute Gasteiger partial charge is 0.253 e. The van der Waals surface area contributed by atoms with E-state index in [1.54, 1.807) is 6.20 Å². The zero-order valence-electron chi connectivity index (χ0n) is 16.9. The van der Waals surface area contributed by atoms with Gasteiger partial charge in [-0.3, -0.25) is 9.59 Å². The minimum Gasteiger partial charge on any atom is -0.384 e. The van der Waals surface area contributed by atoms with Gasteiger partial charge in [-0.15, -0.1) is 0 Å². The van der Waals surface area contributed by atoms with Gasteiger partial charge in [-0.25, -0.2) is 4.99 Å². The molecule has 0 aromatic carbocycles. The van der Waals surface area contributed by atoms with Gasteiger partial charge in [-0.2, -0.15) is 0 Å². The van der Waals surface area contributed by atoms with E-state index in [4.69, 9.17) is 0 Å². The zero-order valence-corrected chi connectivity index (χ0v) is 16.9. The molecule has 7 heteroatoms. The molecule has 0 radical (unpaired) electrons. The number of carbonyl (C=O) groups excluding carboxylic acids is 2. The fraction of sp³-hybridized carbons (Fsp3) is 0.476. The fourth-order valence-electron chi connectivity index (χ4n) is 3.10. The second kappa shape index (κ2) is 10.5. The second-order valence-electron chi connectivity index (χ2n) is 6.87. The number of aliphatic imine (C=N–C) groups is 1. The quantitative estimate of drug-likeness (QED) is 0.558. The van der Waals surface area contributed by atoms with Crippen LogP contribution < -0.4 is 16.0 Å². The monoisotopic (exact) mass is 385 g/mol. The summed E-state index contributed by atoms with van der Waals surface area (Å²) in [7, 11) is 0. The Balaban J connectivity index is 1.84. The fourth-order valence-corrected chi connectivity index (χ4v) is 3.10. The largest absolute Gasteiger partial charge is 0.384 e. The van der Waals surface area contributed by atoms with Gasteiger partial charge < -0.3 is 20.9 Å². The Bertz CT molecular complexity index is 712. The molecule has 7 nitrogen and oxygen atoms in total. The highest BCUT2D eigenvalue weighted by molar-refractivity contribution is 6.15. The highest BCUT2D eigenvalue weighted by Crippen LogP contribution is 2.17. The van der Waals surface area contributed by atoms with Crippen LogP contribution in [-0.2, 0) is 9.59 Å². The molecular weight excluding hydrogens is 354 g/mol. The number of piperidine rings is 1. The van der Waals surface area contributed by atoms with E-state index in [9.17, 15) is 9.59 Å². The van der Waals surface area contributed by atoms with Crippen molar-refractivity contribution in [1.29, 1.82) is 0 Å². The first kappa shape index (κ1) is 21.5. The standard InChI is InChI=1S/C21H31N5O2/c1-5-10-22-21(28)18-14-24-20(15(18)4)23-13-16(6-2)25-17-8-11-26(12-9-17)19(27)7-3/h7,13-14,17,25H,3-6,8-12H2,1-2H3,(H,22,28)(H,23,24)/b16-13+.